The number of hydrogen-bond donors (Lipinski definition) is 1. The van der Waals surface area contributed by atoms with E-state index in [0.29, 0.717) is 17.5 Å². The van der Waals surface area contributed by atoms with Gasteiger partial charge in [0, 0.05) is 24.7 Å². The number of nitrogens with zero attached hydrogens (tertiary/aromatic N) is 1. The van der Waals surface area contributed by atoms with Gasteiger partial charge in [0.2, 0.25) is 0 Å². The summed E-state index contributed by atoms with van der Waals surface area (Å²) in [4.78, 5) is 2.59. The first-order valence-corrected chi connectivity index (χ1v) is 7.50. The van der Waals surface area contributed by atoms with Crippen LogP contribution in [0.3, 0.4) is 0 Å². The summed E-state index contributed by atoms with van der Waals surface area (Å²) in [5.74, 6) is 0. The van der Waals surface area contributed by atoms with Crippen LogP contribution in [-0.4, -0.2) is 50.3 Å². The van der Waals surface area contributed by atoms with Gasteiger partial charge in [-0.3, -0.25) is 4.90 Å². The highest BCUT2D eigenvalue weighted by Gasteiger charge is 2.35. The quantitative estimate of drug-likeness (QED) is 0.836. The molecule has 2 atom stereocenters. The lowest BCUT2D eigenvalue weighted by atomic mass is 9.75. The fourth-order valence-corrected chi connectivity index (χ4v) is 3.52. The molecule has 2 unspecified atom stereocenters. The molecule has 0 aromatic carbocycles. The van der Waals surface area contributed by atoms with E-state index in [0.717, 1.165) is 25.7 Å². The summed E-state index contributed by atoms with van der Waals surface area (Å²) in [6.45, 7) is 6.61. The summed E-state index contributed by atoms with van der Waals surface area (Å²) in [5.41, 5.74) is 0.558. The molecule has 1 saturated heterocycles. The van der Waals surface area contributed by atoms with Gasteiger partial charge >= 0.3 is 0 Å². The molecular formula is C15H30N2O. The number of likely N-dealkylation sites (N-methyl/N-ethyl adjacent to an activating group) is 2. The van der Waals surface area contributed by atoms with Gasteiger partial charge in [-0.25, -0.2) is 0 Å². The molecule has 0 radical (unpaired) electrons. The molecule has 106 valence electrons. The van der Waals surface area contributed by atoms with Crippen molar-refractivity contribution in [1.82, 2.24) is 10.2 Å². The third-order valence-corrected chi connectivity index (χ3v) is 5.10. The van der Waals surface area contributed by atoms with Gasteiger partial charge in [-0.05, 0) is 51.6 Å². The lowest BCUT2D eigenvalue weighted by molar-refractivity contribution is -0.0184. The van der Waals surface area contributed by atoms with Crippen molar-refractivity contribution < 1.29 is 4.74 Å². The summed E-state index contributed by atoms with van der Waals surface area (Å²) < 4.78 is 5.69. The Morgan fingerprint density at radius 3 is 2.44 bits per heavy atom. The molecule has 0 aromatic rings. The van der Waals surface area contributed by atoms with Crippen LogP contribution in [0.1, 0.15) is 46.0 Å². The van der Waals surface area contributed by atoms with Crippen LogP contribution in [0.5, 0.6) is 0 Å². The van der Waals surface area contributed by atoms with Crippen LogP contribution in [-0.2, 0) is 4.74 Å². The number of rotatable bonds is 3. The Morgan fingerprint density at radius 2 is 1.83 bits per heavy atom. The summed E-state index contributed by atoms with van der Waals surface area (Å²) in [6, 6.07) is 1.90. The molecule has 0 amide bonds. The minimum atomic E-state index is 0.551. The van der Waals surface area contributed by atoms with Crippen LogP contribution in [0.15, 0.2) is 0 Å². The van der Waals surface area contributed by atoms with Crippen LogP contribution < -0.4 is 5.32 Å². The van der Waals surface area contributed by atoms with Crippen LogP contribution in [0.4, 0.5) is 0 Å². The van der Waals surface area contributed by atoms with Gasteiger partial charge in [0.1, 0.15) is 0 Å². The molecule has 1 aliphatic carbocycles. The Bertz CT molecular complexity index is 257. The smallest absolute Gasteiger partial charge is 0.0637 e. The predicted molar refractivity (Wildman–Crippen MR) is 75.9 cm³/mol. The molecule has 2 aliphatic rings. The zero-order chi connectivity index (χ0) is 13.2. The average molecular weight is 254 g/mol. The van der Waals surface area contributed by atoms with E-state index in [1.54, 1.807) is 0 Å². The lowest BCUT2D eigenvalue weighted by Crippen LogP contribution is -2.56. The van der Waals surface area contributed by atoms with Gasteiger partial charge in [-0.2, -0.15) is 0 Å². The van der Waals surface area contributed by atoms with E-state index in [1.807, 2.05) is 0 Å². The van der Waals surface area contributed by atoms with Crippen LogP contribution in [0, 0.1) is 5.41 Å². The molecule has 0 aromatic heterocycles. The number of ether oxygens (including phenoxy) is 1. The highest BCUT2D eigenvalue weighted by molar-refractivity contribution is 4.91. The van der Waals surface area contributed by atoms with E-state index < -0.39 is 0 Å². The zero-order valence-corrected chi connectivity index (χ0v) is 12.5. The zero-order valence-electron chi connectivity index (χ0n) is 12.5. The number of nitrogens with one attached hydrogen (secondary N) is 1. The largest absolute Gasteiger partial charge is 0.380 e. The van der Waals surface area contributed by atoms with Gasteiger partial charge in [-0.15, -0.1) is 0 Å². The summed E-state index contributed by atoms with van der Waals surface area (Å²) in [5, 5.41) is 3.47. The van der Waals surface area contributed by atoms with Gasteiger partial charge in [0.15, 0.2) is 0 Å². The average Bonchev–Trinajstić information content (AvgIpc) is 2.38. The third kappa shape index (κ3) is 3.25. The highest BCUT2D eigenvalue weighted by Crippen LogP contribution is 2.37. The first-order chi connectivity index (χ1) is 8.53. The molecule has 3 nitrogen and oxygen atoms in total. The maximum atomic E-state index is 5.69. The molecule has 0 bridgehead atoms. The molecule has 2 fully saturated rings. The van der Waals surface area contributed by atoms with Crippen molar-refractivity contribution in [2.24, 2.45) is 5.41 Å². The maximum Gasteiger partial charge on any atom is 0.0637 e. The van der Waals surface area contributed by atoms with Crippen LogP contribution in [0.25, 0.3) is 0 Å². The maximum absolute atomic E-state index is 5.69. The summed E-state index contributed by atoms with van der Waals surface area (Å²) in [6.07, 6.45) is 6.55. The lowest BCUT2D eigenvalue weighted by Gasteiger charge is -2.45. The second-order valence-corrected chi connectivity index (χ2v) is 6.89. The minimum Gasteiger partial charge on any atom is -0.380 e. The summed E-state index contributed by atoms with van der Waals surface area (Å²) in [7, 11) is 4.38. The third-order valence-electron chi connectivity index (χ3n) is 5.10. The first-order valence-electron chi connectivity index (χ1n) is 7.50. The SMILES string of the molecule is CNC1CCOCC1N(C)C1CCC(C)(C)CC1. The Kier molecular flexibility index (Phi) is 4.68. The minimum absolute atomic E-state index is 0.551. The molecule has 1 aliphatic heterocycles. The molecule has 18 heavy (non-hydrogen) atoms. The summed E-state index contributed by atoms with van der Waals surface area (Å²) >= 11 is 0. The van der Waals surface area contributed by atoms with Crippen molar-refractivity contribution in [2.75, 3.05) is 27.3 Å². The van der Waals surface area contributed by atoms with Crippen molar-refractivity contribution in [3.8, 4) is 0 Å². The van der Waals surface area contributed by atoms with Gasteiger partial charge in [-0.1, -0.05) is 13.8 Å². The Morgan fingerprint density at radius 1 is 1.17 bits per heavy atom. The van der Waals surface area contributed by atoms with Crippen molar-refractivity contribution in [3.05, 3.63) is 0 Å². The van der Waals surface area contributed by atoms with Crippen LogP contribution >= 0.6 is 0 Å². The second-order valence-electron chi connectivity index (χ2n) is 6.89. The topological polar surface area (TPSA) is 24.5 Å². The molecule has 3 heteroatoms. The molecule has 2 rings (SSSR count). The van der Waals surface area contributed by atoms with Crippen LogP contribution in [0.2, 0.25) is 0 Å². The van der Waals surface area contributed by atoms with E-state index in [1.165, 1.54) is 25.7 Å². The standard InChI is InChI=1S/C15H30N2O/c1-15(2)8-5-12(6-9-15)17(4)14-11-18-10-7-13(14)16-3/h12-14,16H,5-11H2,1-4H3. The highest BCUT2D eigenvalue weighted by atomic mass is 16.5. The monoisotopic (exact) mass is 254 g/mol. The van der Waals surface area contributed by atoms with E-state index >= 15 is 0 Å². The van der Waals surface area contributed by atoms with Gasteiger partial charge < -0.3 is 10.1 Å². The van der Waals surface area contributed by atoms with Crippen molar-refractivity contribution in [1.29, 1.82) is 0 Å². The molecular weight excluding hydrogens is 224 g/mol. The number of hydrogen-bond acceptors (Lipinski definition) is 3. The van der Waals surface area contributed by atoms with E-state index in [9.17, 15) is 0 Å². The molecule has 1 saturated carbocycles. The Balaban J connectivity index is 1.92. The van der Waals surface area contributed by atoms with E-state index in [-0.39, 0.29) is 0 Å². The first kappa shape index (κ1) is 14.3. The fourth-order valence-electron chi connectivity index (χ4n) is 3.52. The Hall–Kier alpha value is -0.120. The normalized spacial score (nSPS) is 33.8. The van der Waals surface area contributed by atoms with Crippen molar-refractivity contribution >= 4 is 0 Å². The fraction of sp³-hybridized carbons (Fsp3) is 1.00. The van der Waals surface area contributed by atoms with E-state index in [2.05, 4.69) is 38.2 Å². The van der Waals surface area contributed by atoms with E-state index in [4.69, 9.17) is 4.74 Å². The van der Waals surface area contributed by atoms with Crippen molar-refractivity contribution in [2.45, 2.75) is 64.1 Å². The van der Waals surface area contributed by atoms with Crippen molar-refractivity contribution in [3.63, 3.8) is 0 Å². The molecule has 1 N–H and O–H groups in total. The second kappa shape index (κ2) is 5.89. The Labute approximate surface area is 112 Å². The molecule has 1 heterocycles. The van der Waals surface area contributed by atoms with Gasteiger partial charge in [0.05, 0.1) is 6.61 Å². The van der Waals surface area contributed by atoms with Gasteiger partial charge in [0.25, 0.3) is 0 Å². The predicted octanol–water partition coefficient (Wildman–Crippen LogP) is 2.26. The molecule has 0 spiro atoms.